The van der Waals surface area contributed by atoms with Gasteiger partial charge in [0, 0.05) is 62.2 Å². The summed E-state index contributed by atoms with van der Waals surface area (Å²) in [4.78, 5) is 23.1. The Bertz CT molecular complexity index is 1670. The van der Waals surface area contributed by atoms with E-state index < -0.39 is 0 Å². The Labute approximate surface area is 283 Å². The quantitative estimate of drug-likeness (QED) is 0.141. The molecule has 0 saturated carbocycles. The lowest BCUT2D eigenvalue weighted by Crippen LogP contribution is -2.35. The van der Waals surface area contributed by atoms with Gasteiger partial charge >= 0.3 is 0 Å². The summed E-state index contributed by atoms with van der Waals surface area (Å²) >= 11 is 0. The first-order valence-electron chi connectivity index (χ1n) is 16.9. The van der Waals surface area contributed by atoms with E-state index in [9.17, 15) is 9.59 Å². The molecule has 2 heterocycles. The third-order valence-corrected chi connectivity index (χ3v) is 9.74. The van der Waals surface area contributed by atoms with Crippen molar-refractivity contribution in [3.63, 3.8) is 0 Å². The molecule has 0 aliphatic carbocycles. The largest absolute Gasteiger partial charge is 0.496 e. The number of carbonyl (C=O) groups is 2. The fraction of sp³-hybridized carbons (Fsp3) is 0.350. The molecule has 0 spiro atoms. The number of amides is 2. The zero-order chi connectivity index (χ0) is 33.6. The lowest BCUT2D eigenvalue weighted by Gasteiger charge is -2.18. The average molecular weight is 647 g/mol. The predicted octanol–water partition coefficient (Wildman–Crippen LogP) is 6.06. The van der Waals surface area contributed by atoms with E-state index in [1.165, 1.54) is 33.4 Å². The van der Waals surface area contributed by atoms with Crippen LogP contribution in [0, 0.1) is 13.8 Å². The van der Waals surface area contributed by atoms with Gasteiger partial charge in [-0.3, -0.25) is 9.59 Å². The highest BCUT2D eigenvalue weighted by molar-refractivity contribution is 5.84. The summed E-state index contributed by atoms with van der Waals surface area (Å²) in [5.74, 6) is 1.96. The minimum Gasteiger partial charge on any atom is -0.496 e. The maximum atomic E-state index is 11.5. The molecule has 8 nitrogen and oxygen atoms in total. The average Bonchev–Trinajstić information content (AvgIpc) is 3.72. The summed E-state index contributed by atoms with van der Waals surface area (Å²) in [7, 11) is 3.43. The van der Waals surface area contributed by atoms with E-state index in [1.54, 1.807) is 14.2 Å². The summed E-state index contributed by atoms with van der Waals surface area (Å²) in [6.07, 6.45) is 2.97. The van der Waals surface area contributed by atoms with Gasteiger partial charge in [-0.05, 0) is 83.3 Å². The minimum absolute atomic E-state index is 0.134. The van der Waals surface area contributed by atoms with E-state index in [4.69, 9.17) is 9.47 Å². The van der Waals surface area contributed by atoms with Gasteiger partial charge in [-0.2, -0.15) is 0 Å². The zero-order valence-electron chi connectivity index (χ0n) is 28.4. The molecule has 2 unspecified atom stereocenters. The lowest BCUT2D eigenvalue weighted by molar-refractivity contribution is -0.120. The Kier molecular flexibility index (Phi) is 10.4. The summed E-state index contributed by atoms with van der Waals surface area (Å²) in [6.45, 7) is 7.21. The number of methoxy groups -OCH3 is 2. The van der Waals surface area contributed by atoms with Crippen LogP contribution in [0.4, 0.5) is 0 Å². The fourth-order valence-corrected chi connectivity index (χ4v) is 7.02. The number of carbonyl (C=O) groups excluding carboxylic acids is 2. The number of ether oxygens (including phenoxy) is 2. The van der Waals surface area contributed by atoms with Crippen LogP contribution in [0.25, 0.3) is 33.4 Å². The van der Waals surface area contributed by atoms with Gasteiger partial charge in [0.05, 0.1) is 14.2 Å². The van der Waals surface area contributed by atoms with Gasteiger partial charge in [-0.15, -0.1) is 0 Å². The second-order valence-electron chi connectivity index (χ2n) is 12.9. The molecule has 4 aromatic carbocycles. The zero-order valence-corrected chi connectivity index (χ0v) is 28.4. The molecule has 8 heteroatoms. The van der Waals surface area contributed by atoms with Crippen LogP contribution in [0.3, 0.4) is 0 Å². The number of hydrogen-bond acceptors (Lipinski definition) is 6. The first kappa shape index (κ1) is 33.2. The van der Waals surface area contributed by atoms with Gasteiger partial charge in [-0.25, -0.2) is 0 Å². The Balaban J connectivity index is 1.20. The highest BCUT2D eigenvalue weighted by Crippen LogP contribution is 2.39. The van der Waals surface area contributed by atoms with E-state index in [1.807, 2.05) is 0 Å². The Morgan fingerprint density at radius 1 is 0.625 bits per heavy atom. The van der Waals surface area contributed by atoms with Gasteiger partial charge in [0.15, 0.2) is 0 Å². The summed E-state index contributed by atoms with van der Waals surface area (Å²) in [5, 5.41) is 13.0. The maximum Gasteiger partial charge on any atom is 0.220 e. The predicted molar refractivity (Wildman–Crippen MR) is 191 cm³/mol. The number of hydrogen-bond donors (Lipinski definition) is 4. The van der Waals surface area contributed by atoms with Crippen LogP contribution in [0.1, 0.15) is 47.9 Å². The van der Waals surface area contributed by atoms with E-state index in [-0.39, 0.29) is 23.9 Å². The van der Waals surface area contributed by atoms with Crippen molar-refractivity contribution in [2.24, 2.45) is 0 Å². The van der Waals surface area contributed by atoms with Crippen LogP contribution in [0.15, 0.2) is 72.8 Å². The molecule has 2 aliphatic rings. The monoisotopic (exact) mass is 646 g/mol. The summed E-state index contributed by atoms with van der Waals surface area (Å²) < 4.78 is 11.6. The molecule has 0 aromatic heterocycles. The number of benzene rings is 4. The van der Waals surface area contributed by atoms with E-state index in [0.29, 0.717) is 25.9 Å². The molecule has 0 bridgehead atoms. The number of rotatable bonds is 13. The topological polar surface area (TPSA) is 101 Å². The molecular weight excluding hydrogens is 600 g/mol. The summed E-state index contributed by atoms with van der Waals surface area (Å²) in [6, 6.07) is 26.2. The van der Waals surface area contributed by atoms with Crippen LogP contribution in [-0.4, -0.2) is 51.2 Å². The highest BCUT2D eigenvalue weighted by Gasteiger charge is 2.21. The molecule has 0 radical (unpaired) electrons. The number of nitrogens with one attached hydrogen (secondary N) is 4. The van der Waals surface area contributed by atoms with Gasteiger partial charge in [0.1, 0.15) is 11.5 Å². The molecule has 2 amide bonds. The van der Waals surface area contributed by atoms with Crippen molar-refractivity contribution in [2.45, 2.75) is 64.7 Å². The molecule has 4 aromatic rings. The Hall–Kier alpha value is -4.66. The molecule has 4 N–H and O–H groups in total. The van der Waals surface area contributed by atoms with Crippen molar-refractivity contribution >= 4 is 11.8 Å². The van der Waals surface area contributed by atoms with Crippen molar-refractivity contribution in [3.05, 3.63) is 95.1 Å². The van der Waals surface area contributed by atoms with Crippen LogP contribution < -0.4 is 30.7 Å². The van der Waals surface area contributed by atoms with Gasteiger partial charge in [-0.1, -0.05) is 60.7 Å². The second kappa shape index (κ2) is 15.0. The molecule has 2 aliphatic heterocycles. The van der Waals surface area contributed by atoms with E-state index >= 15 is 0 Å². The first-order chi connectivity index (χ1) is 23.3. The highest BCUT2D eigenvalue weighted by atomic mass is 16.5. The third-order valence-electron chi connectivity index (χ3n) is 9.74. The van der Waals surface area contributed by atoms with Gasteiger partial charge in [0.25, 0.3) is 0 Å². The molecule has 48 heavy (non-hydrogen) atoms. The molecule has 250 valence electrons. The fourth-order valence-electron chi connectivity index (χ4n) is 7.02. The SMILES string of the molecule is COc1cc(-c2cccc(-c3cccc(-c4ccc(CNCC5CCC(=O)N5)c(OC)c4)c3C)c2C)ccc1CNCC1CCC(=O)N1. The van der Waals surface area contributed by atoms with Crippen molar-refractivity contribution in [1.82, 2.24) is 21.3 Å². The van der Waals surface area contributed by atoms with Crippen LogP contribution >= 0.6 is 0 Å². The van der Waals surface area contributed by atoms with E-state index in [0.717, 1.165) is 59.7 Å². The molecule has 2 saturated heterocycles. The van der Waals surface area contributed by atoms with Crippen LogP contribution in [-0.2, 0) is 22.7 Å². The second-order valence-corrected chi connectivity index (χ2v) is 12.9. The summed E-state index contributed by atoms with van der Waals surface area (Å²) in [5.41, 5.74) is 11.5. The van der Waals surface area contributed by atoms with Crippen molar-refractivity contribution in [3.8, 4) is 44.9 Å². The molecule has 2 fully saturated rings. The maximum absolute atomic E-state index is 11.5. The molecular formula is C40H46N4O4. The van der Waals surface area contributed by atoms with E-state index in [2.05, 4.69) is 108 Å². The van der Waals surface area contributed by atoms with Gasteiger partial charge in [0.2, 0.25) is 11.8 Å². The first-order valence-corrected chi connectivity index (χ1v) is 16.9. The standard InChI is InChI=1S/C40H46N4O4/c1-25-33(27-11-13-29(37(19-27)47-3)21-41-23-31-15-17-39(45)43-31)7-5-9-35(25)36-10-6-8-34(26(36)2)28-12-14-30(38(20-28)48-4)22-42-24-32-16-18-40(46)44-32/h5-14,19-20,31-32,41-42H,15-18,21-24H2,1-4H3,(H,43,45)(H,44,46). The van der Waals surface area contributed by atoms with Crippen LogP contribution in [0.2, 0.25) is 0 Å². The lowest BCUT2D eigenvalue weighted by atomic mass is 9.87. The molecule has 2 atom stereocenters. The Morgan fingerprint density at radius 3 is 1.42 bits per heavy atom. The third kappa shape index (κ3) is 7.40. The van der Waals surface area contributed by atoms with Crippen molar-refractivity contribution < 1.29 is 19.1 Å². The van der Waals surface area contributed by atoms with Crippen molar-refractivity contribution in [1.29, 1.82) is 0 Å². The minimum atomic E-state index is 0.134. The smallest absolute Gasteiger partial charge is 0.220 e. The normalized spacial score (nSPS) is 17.3. The van der Waals surface area contributed by atoms with Gasteiger partial charge < -0.3 is 30.7 Å². The van der Waals surface area contributed by atoms with Crippen molar-refractivity contribution in [2.75, 3.05) is 27.3 Å². The van der Waals surface area contributed by atoms with Crippen LogP contribution in [0.5, 0.6) is 11.5 Å². The Morgan fingerprint density at radius 2 is 1.04 bits per heavy atom. The molecule has 6 rings (SSSR count).